The highest BCUT2D eigenvalue weighted by Crippen LogP contribution is 2.38. The van der Waals surface area contributed by atoms with Crippen LogP contribution < -0.4 is 10.1 Å². The van der Waals surface area contributed by atoms with Crippen molar-refractivity contribution in [1.82, 2.24) is 25.2 Å². The molecule has 34 heavy (non-hydrogen) atoms. The maximum atomic E-state index is 13.3. The van der Waals surface area contributed by atoms with E-state index in [9.17, 15) is 4.79 Å². The number of carbonyl (C=O) groups excluding carboxylic acids is 1. The van der Waals surface area contributed by atoms with Crippen molar-refractivity contribution in [2.24, 2.45) is 5.41 Å². The number of rotatable bonds is 4. The van der Waals surface area contributed by atoms with Gasteiger partial charge >= 0.3 is 0 Å². The quantitative estimate of drug-likeness (QED) is 0.738. The molecule has 1 aromatic heterocycles. The van der Waals surface area contributed by atoms with Crippen LogP contribution in [-0.2, 0) is 29.2 Å². The van der Waals surface area contributed by atoms with E-state index in [0.717, 1.165) is 69.7 Å². The van der Waals surface area contributed by atoms with E-state index < -0.39 is 0 Å². The summed E-state index contributed by atoms with van der Waals surface area (Å²) in [4.78, 5) is 15.8. The van der Waals surface area contributed by atoms with Crippen LogP contribution >= 0.6 is 0 Å². The van der Waals surface area contributed by atoms with Gasteiger partial charge in [0.05, 0.1) is 31.9 Å². The monoisotopic (exact) mass is 469 g/mol. The number of amides is 1. The fraction of sp³-hybridized carbons (Fsp3) is 0.654. The van der Waals surface area contributed by atoms with E-state index >= 15 is 0 Å². The van der Waals surface area contributed by atoms with E-state index in [1.165, 1.54) is 11.1 Å². The first-order valence-corrected chi connectivity index (χ1v) is 12.6. The smallest absolute Gasteiger partial charge is 0.226 e. The molecule has 0 atom stereocenters. The van der Waals surface area contributed by atoms with E-state index in [4.69, 9.17) is 9.47 Å². The highest BCUT2D eigenvalue weighted by molar-refractivity contribution is 5.82. The molecule has 3 heterocycles. The molecule has 4 rings (SSSR count). The summed E-state index contributed by atoms with van der Waals surface area (Å²) in [6.45, 7) is 9.36. The lowest BCUT2D eigenvalue weighted by atomic mass is 9.73. The Balaban J connectivity index is 1.40. The third-order valence-electron chi connectivity index (χ3n) is 7.32. The van der Waals surface area contributed by atoms with Crippen LogP contribution in [-0.4, -0.2) is 59.2 Å². The second kappa shape index (κ2) is 11.3. The number of aromatic nitrogens is 3. The normalized spacial score (nSPS) is 20.2. The van der Waals surface area contributed by atoms with E-state index in [-0.39, 0.29) is 11.3 Å². The molecule has 186 valence electrons. The summed E-state index contributed by atoms with van der Waals surface area (Å²) >= 11 is 0. The van der Waals surface area contributed by atoms with Crippen LogP contribution in [0.5, 0.6) is 5.75 Å². The van der Waals surface area contributed by atoms with E-state index in [1.807, 2.05) is 10.9 Å². The van der Waals surface area contributed by atoms with Crippen LogP contribution in [0.2, 0.25) is 0 Å². The molecule has 0 saturated carbocycles. The maximum absolute atomic E-state index is 13.3. The molecule has 2 aliphatic rings. The summed E-state index contributed by atoms with van der Waals surface area (Å²) in [6.07, 6.45) is 6.60. The first-order chi connectivity index (χ1) is 16.5. The van der Waals surface area contributed by atoms with Crippen LogP contribution in [0.3, 0.4) is 0 Å². The molecule has 1 saturated heterocycles. The number of hydrogen-bond donors (Lipinski definition) is 1. The van der Waals surface area contributed by atoms with Crippen molar-refractivity contribution in [2.75, 3.05) is 33.4 Å². The fourth-order valence-electron chi connectivity index (χ4n) is 5.10. The minimum absolute atomic E-state index is 0.184. The maximum Gasteiger partial charge on any atom is 0.226 e. The molecule has 1 spiro atoms. The fourth-order valence-corrected chi connectivity index (χ4v) is 5.10. The van der Waals surface area contributed by atoms with Gasteiger partial charge in [0, 0.05) is 25.2 Å². The Morgan fingerprint density at radius 2 is 2.00 bits per heavy atom. The highest BCUT2D eigenvalue weighted by atomic mass is 16.5. The molecule has 1 fully saturated rings. The van der Waals surface area contributed by atoms with Crippen molar-refractivity contribution < 1.29 is 14.3 Å². The number of methoxy groups -OCH3 is 1. The molecule has 2 bridgehead atoms. The van der Waals surface area contributed by atoms with Gasteiger partial charge in [-0.2, -0.15) is 0 Å². The Morgan fingerprint density at radius 3 is 2.76 bits per heavy atom. The molecule has 8 heteroatoms. The van der Waals surface area contributed by atoms with Gasteiger partial charge in [-0.1, -0.05) is 37.6 Å². The largest absolute Gasteiger partial charge is 0.496 e. The summed E-state index contributed by atoms with van der Waals surface area (Å²) in [6, 6.07) is 6.51. The van der Waals surface area contributed by atoms with Crippen molar-refractivity contribution in [3.05, 3.63) is 41.2 Å². The van der Waals surface area contributed by atoms with Crippen molar-refractivity contribution in [1.29, 1.82) is 0 Å². The standard InChI is InChI=1S/C26H39N5O3/c1-20(2)21-6-7-24(33-3)22(16-21)17-30-13-9-26(10-14-30)8-4-5-12-31-18-23(28-29-31)19-34-15-11-27-25(26)32/h6-7,16,18,20H,4-5,8-15,17,19H2,1-3H3,(H,27,32). The molecule has 0 unspecified atom stereocenters. The number of benzene rings is 1. The zero-order valence-electron chi connectivity index (χ0n) is 20.9. The SMILES string of the molecule is COc1ccc(C(C)C)cc1CN1CCC2(CCCCn3cc(nn3)COCCNC2=O)CC1. The minimum atomic E-state index is -0.308. The average Bonchev–Trinajstić information content (AvgIpc) is 3.29. The third-order valence-corrected chi connectivity index (χ3v) is 7.32. The van der Waals surface area contributed by atoms with E-state index in [0.29, 0.717) is 25.7 Å². The molecule has 0 aliphatic carbocycles. The number of fused-ring (bicyclic) bond motifs is 2. The van der Waals surface area contributed by atoms with Gasteiger partial charge in [-0.15, -0.1) is 5.10 Å². The van der Waals surface area contributed by atoms with Crippen LogP contribution in [0.25, 0.3) is 0 Å². The second-order valence-corrected chi connectivity index (χ2v) is 10.0. The zero-order chi connectivity index (χ0) is 24.0. The van der Waals surface area contributed by atoms with E-state index in [1.54, 1.807) is 7.11 Å². The number of likely N-dealkylation sites (tertiary alicyclic amines) is 1. The summed E-state index contributed by atoms with van der Waals surface area (Å²) in [5, 5.41) is 11.5. The summed E-state index contributed by atoms with van der Waals surface area (Å²) < 4.78 is 13.2. The van der Waals surface area contributed by atoms with Gasteiger partial charge in [-0.25, -0.2) is 0 Å². The van der Waals surface area contributed by atoms with Gasteiger partial charge in [-0.05, 0) is 56.3 Å². The number of aryl methyl sites for hydroxylation is 1. The van der Waals surface area contributed by atoms with Gasteiger partial charge in [-0.3, -0.25) is 14.4 Å². The third kappa shape index (κ3) is 5.96. The average molecular weight is 470 g/mol. The molecule has 1 aromatic carbocycles. The Morgan fingerprint density at radius 1 is 1.18 bits per heavy atom. The second-order valence-electron chi connectivity index (χ2n) is 10.0. The Labute approximate surface area is 203 Å². The van der Waals surface area contributed by atoms with Crippen molar-refractivity contribution in [3.8, 4) is 5.75 Å². The molecular weight excluding hydrogens is 430 g/mol. The zero-order valence-corrected chi connectivity index (χ0v) is 20.9. The van der Waals surface area contributed by atoms with Gasteiger partial charge in [0.25, 0.3) is 0 Å². The van der Waals surface area contributed by atoms with Gasteiger partial charge in [0.15, 0.2) is 0 Å². The van der Waals surface area contributed by atoms with E-state index in [2.05, 4.69) is 52.6 Å². The van der Waals surface area contributed by atoms with Crippen LogP contribution in [0.4, 0.5) is 0 Å². The number of carbonyl (C=O) groups is 1. The number of piperidine rings is 1. The van der Waals surface area contributed by atoms with Crippen molar-refractivity contribution in [3.63, 3.8) is 0 Å². The summed E-state index contributed by atoms with van der Waals surface area (Å²) in [5.41, 5.74) is 3.08. The van der Waals surface area contributed by atoms with Crippen LogP contribution in [0.15, 0.2) is 24.4 Å². The first-order valence-electron chi connectivity index (χ1n) is 12.6. The Bertz CT molecular complexity index is 950. The lowest BCUT2D eigenvalue weighted by molar-refractivity contribution is -0.135. The number of nitrogens with zero attached hydrogens (tertiary/aromatic N) is 4. The number of ether oxygens (including phenoxy) is 2. The van der Waals surface area contributed by atoms with Crippen molar-refractivity contribution in [2.45, 2.75) is 71.6 Å². The molecule has 0 radical (unpaired) electrons. The predicted molar refractivity (Wildman–Crippen MR) is 131 cm³/mol. The first kappa shape index (κ1) is 24.7. The predicted octanol–water partition coefficient (Wildman–Crippen LogP) is 3.51. The molecule has 1 amide bonds. The van der Waals surface area contributed by atoms with Crippen LogP contribution in [0.1, 0.15) is 68.7 Å². The molecule has 1 N–H and O–H groups in total. The summed E-state index contributed by atoms with van der Waals surface area (Å²) in [7, 11) is 1.74. The topological polar surface area (TPSA) is 81.5 Å². The molecular formula is C26H39N5O3. The summed E-state index contributed by atoms with van der Waals surface area (Å²) in [5.74, 6) is 1.61. The van der Waals surface area contributed by atoms with Gasteiger partial charge < -0.3 is 14.8 Å². The Hall–Kier alpha value is -2.45. The van der Waals surface area contributed by atoms with Crippen LogP contribution in [0, 0.1) is 5.41 Å². The molecule has 8 nitrogen and oxygen atoms in total. The lowest BCUT2D eigenvalue weighted by Gasteiger charge is -2.41. The van der Waals surface area contributed by atoms with Gasteiger partial charge in [0.2, 0.25) is 5.91 Å². The number of nitrogens with one attached hydrogen (secondary N) is 1. The molecule has 2 aliphatic heterocycles. The Kier molecular flexibility index (Phi) is 8.21. The highest BCUT2D eigenvalue weighted by Gasteiger charge is 2.40. The number of hydrogen-bond acceptors (Lipinski definition) is 6. The van der Waals surface area contributed by atoms with Gasteiger partial charge in [0.1, 0.15) is 11.4 Å². The molecule has 2 aromatic rings. The lowest BCUT2D eigenvalue weighted by Crippen LogP contribution is -2.49. The minimum Gasteiger partial charge on any atom is -0.496 e. The van der Waals surface area contributed by atoms with Crippen molar-refractivity contribution >= 4 is 5.91 Å².